The van der Waals surface area contributed by atoms with E-state index in [4.69, 9.17) is 0 Å². The van der Waals surface area contributed by atoms with Gasteiger partial charge in [-0.15, -0.1) is 0 Å². The summed E-state index contributed by atoms with van der Waals surface area (Å²) in [5.74, 6) is 0.470. The molecule has 0 radical (unpaired) electrons. The van der Waals surface area contributed by atoms with Crippen LogP contribution in [0.1, 0.15) is 18.4 Å². The van der Waals surface area contributed by atoms with Gasteiger partial charge in [-0.05, 0) is 49.9 Å². The molecule has 0 spiro atoms. The van der Waals surface area contributed by atoms with Crippen LogP contribution in [0.25, 0.3) is 0 Å². The first-order valence-electron chi connectivity index (χ1n) is 6.73. The first-order valence-corrected chi connectivity index (χ1v) is 8.38. The lowest BCUT2D eigenvalue weighted by molar-refractivity contribution is 0.403. The van der Waals surface area contributed by atoms with E-state index in [0.717, 1.165) is 31.5 Å². The summed E-state index contributed by atoms with van der Waals surface area (Å²) < 4.78 is 26.5. The molecule has 2 N–H and O–H groups in total. The summed E-state index contributed by atoms with van der Waals surface area (Å²) in [6, 6.07) is 3.81. The normalized spacial score (nSPS) is 20.3. The van der Waals surface area contributed by atoms with Crippen molar-refractivity contribution < 1.29 is 8.42 Å². The van der Waals surface area contributed by atoms with E-state index in [2.05, 4.69) is 15.0 Å². The molecule has 1 aliphatic rings. The number of hydrogen-bond acceptors (Lipinski definition) is 4. The molecule has 19 heavy (non-hydrogen) atoms. The van der Waals surface area contributed by atoms with Gasteiger partial charge in [0.15, 0.2) is 0 Å². The van der Waals surface area contributed by atoms with Crippen molar-refractivity contribution in [2.75, 3.05) is 25.4 Å². The van der Waals surface area contributed by atoms with Gasteiger partial charge in [-0.2, -0.15) is 0 Å². The van der Waals surface area contributed by atoms with Gasteiger partial charge in [-0.25, -0.2) is 13.1 Å². The second-order valence-corrected chi connectivity index (χ2v) is 6.85. The molecule has 1 aliphatic heterocycles. The number of aromatic nitrogens is 1. The van der Waals surface area contributed by atoms with Crippen LogP contribution in [0.4, 0.5) is 0 Å². The molecule has 1 fully saturated rings. The number of rotatable bonds is 6. The van der Waals surface area contributed by atoms with Gasteiger partial charge in [-0.3, -0.25) is 4.98 Å². The zero-order valence-electron chi connectivity index (χ0n) is 11.0. The Balaban J connectivity index is 1.74. The smallest absolute Gasteiger partial charge is 0.211 e. The van der Waals surface area contributed by atoms with E-state index in [1.54, 1.807) is 12.4 Å². The van der Waals surface area contributed by atoms with E-state index in [-0.39, 0.29) is 11.7 Å². The molecule has 0 aromatic carbocycles. The fourth-order valence-corrected chi connectivity index (χ4v) is 3.77. The lowest BCUT2D eigenvalue weighted by atomic mass is 10.0. The molecule has 2 heterocycles. The number of piperidine rings is 1. The van der Waals surface area contributed by atoms with Crippen LogP contribution in [0, 0.1) is 5.92 Å². The van der Waals surface area contributed by atoms with Crippen molar-refractivity contribution in [3.8, 4) is 0 Å². The zero-order valence-corrected chi connectivity index (χ0v) is 11.8. The Labute approximate surface area is 114 Å². The third-order valence-electron chi connectivity index (χ3n) is 3.31. The number of pyridine rings is 1. The standard InChI is InChI=1S/C13H21N3O2S/c17-19(18,11-13-4-2-7-15-10-13)16-8-5-12-3-1-6-14-9-12/h1,3,6,9,13,15-16H,2,4-5,7-8,10-11H2. The van der Waals surface area contributed by atoms with Crippen molar-refractivity contribution in [2.45, 2.75) is 19.3 Å². The molecular weight excluding hydrogens is 262 g/mol. The average molecular weight is 283 g/mol. The van der Waals surface area contributed by atoms with Gasteiger partial charge in [-0.1, -0.05) is 6.07 Å². The van der Waals surface area contributed by atoms with E-state index in [1.165, 1.54) is 0 Å². The van der Waals surface area contributed by atoms with Crippen LogP contribution in [0.15, 0.2) is 24.5 Å². The van der Waals surface area contributed by atoms with Crippen molar-refractivity contribution >= 4 is 10.0 Å². The molecule has 0 bridgehead atoms. The topological polar surface area (TPSA) is 71.1 Å². The molecule has 0 aliphatic carbocycles. The minimum Gasteiger partial charge on any atom is -0.316 e. The maximum atomic E-state index is 11.9. The minimum absolute atomic E-state index is 0.229. The largest absolute Gasteiger partial charge is 0.316 e. The molecule has 2 rings (SSSR count). The predicted octanol–water partition coefficient (Wildman–Crippen LogP) is 0.543. The third kappa shape index (κ3) is 5.26. The van der Waals surface area contributed by atoms with Gasteiger partial charge in [0.05, 0.1) is 5.75 Å². The SMILES string of the molecule is O=S(=O)(CC1CCCNC1)NCCc1cccnc1. The number of nitrogens with one attached hydrogen (secondary N) is 2. The molecule has 6 heteroatoms. The molecule has 106 valence electrons. The third-order valence-corrected chi connectivity index (χ3v) is 4.87. The monoisotopic (exact) mass is 283 g/mol. The second-order valence-electron chi connectivity index (χ2n) is 5.00. The van der Waals surface area contributed by atoms with Crippen LogP contribution in [-0.4, -0.2) is 38.8 Å². The Bertz CT molecular complexity index is 470. The molecule has 1 aromatic heterocycles. The van der Waals surface area contributed by atoms with E-state index >= 15 is 0 Å². The highest BCUT2D eigenvalue weighted by molar-refractivity contribution is 7.89. The molecule has 0 saturated carbocycles. The van der Waals surface area contributed by atoms with E-state index < -0.39 is 10.0 Å². The van der Waals surface area contributed by atoms with E-state index in [9.17, 15) is 8.42 Å². The summed E-state index contributed by atoms with van der Waals surface area (Å²) in [5.41, 5.74) is 1.05. The highest BCUT2D eigenvalue weighted by Gasteiger charge is 2.20. The average Bonchev–Trinajstić information content (AvgIpc) is 2.40. The number of sulfonamides is 1. The Morgan fingerprint density at radius 3 is 3.05 bits per heavy atom. The second kappa shape index (κ2) is 6.98. The van der Waals surface area contributed by atoms with Gasteiger partial charge in [0, 0.05) is 18.9 Å². The van der Waals surface area contributed by atoms with Crippen molar-refractivity contribution in [3.63, 3.8) is 0 Å². The van der Waals surface area contributed by atoms with Crippen LogP contribution < -0.4 is 10.0 Å². The molecule has 1 saturated heterocycles. The first kappa shape index (κ1) is 14.4. The summed E-state index contributed by atoms with van der Waals surface area (Å²) in [6.07, 6.45) is 6.21. The van der Waals surface area contributed by atoms with Crippen molar-refractivity contribution in [3.05, 3.63) is 30.1 Å². The van der Waals surface area contributed by atoms with E-state index in [0.29, 0.717) is 13.0 Å². The van der Waals surface area contributed by atoms with Crippen LogP contribution in [0.3, 0.4) is 0 Å². The minimum atomic E-state index is -3.16. The highest BCUT2D eigenvalue weighted by atomic mass is 32.2. The Morgan fingerprint density at radius 1 is 1.47 bits per heavy atom. The van der Waals surface area contributed by atoms with E-state index in [1.807, 2.05) is 12.1 Å². The highest BCUT2D eigenvalue weighted by Crippen LogP contribution is 2.11. The molecule has 0 amide bonds. The van der Waals surface area contributed by atoms with Gasteiger partial charge < -0.3 is 5.32 Å². The summed E-state index contributed by atoms with van der Waals surface area (Å²) in [4.78, 5) is 4.01. The maximum absolute atomic E-state index is 11.9. The number of nitrogens with zero attached hydrogens (tertiary/aromatic N) is 1. The Kier molecular flexibility index (Phi) is 5.30. The molecule has 1 atom stereocenters. The Hall–Kier alpha value is -0.980. The van der Waals surface area contributed by atoms with Crippen LogP contribution >= 0.6 is 0 Å². The van der Waals surface area contributed by atoms with Gasteiger partial charge in [0.1, 0.15) is 0 Å². The molecule has 1 unspecified atom stereocenters. The Morgan fingerprint density at radius 2 is 2.37 bits per heavy atom. The maximum Gasteiger partial charge on any atom is 0.211 e. The fourth-order valence-electron chi connectivity index (χ4n) is 2.33. The quantitative estimate of drug-likeness (QED) is 0.799. The van der Waals surface area contributed by atoms with Crippen LogP contribution in [0.2, 0.25) is 0 Å². The summed E-state index contributed by atoms with van der Waals surface area (Å²) in [5, 5.41) is 3.24. The first-order chi connectivity index (χ1) is 9.16. The lowest BCUT2D eigenvalue weighted by Gasteiger charge is -2.22. The fraction of sp³-hybridized carbons (Fsp3) is 0.615. The van der Waals surface area contributed by atoms with Crippen LogP contribution in [-0.2, 0) is 16.4 Å². The summed E-state index contributed by atoms with van der Waals surface area (Å²) in [6.45, 7) is 2.25. The van der Waals surface area contributed by atoms with Crippen LogP contribution in [0.5, 0.6) is 0 Å². The lowest BCUT2D eigenvalue weighted by Crippen LogP contribution is -2.38. The molecule has 1 aromatic rings. The summed E-state index contributed by atoms with van der Waals surface area (Å²) in [7, 11) is -3.16. The van der Waals surface area contributed by atoms with Gasteiger partial charge in [0.2, 0.25) is 10.0 Å². The van der Waals surface area contributed by atoms with Crippen molar-refractivity contribution in [2.24, 2.45) is 5.92 Å². The van der Waals surface area contributed by atoms with Gasteiger partial charge in [0.25, 0.3) is 0 Å². The van der Waals surface area contributed by atoms with Gasteiger partial charge >= 0.3 is 0 Å². The predicted molar refractivity (Wildman–Crippen MR) is 75.3 cm³/mol. The van der Waals surface area contributed by atoms with Crippen molar-refractivity contribution in [1.29, 1.82) is 0 Å². The zero-order chi connectivity index (χ0) is 13.6. The summed E-state index contributed by atoms with van der Waals surface area (Å²) >= 11 is 0. The number of hydrogen-bond donors (Lipinski definition) is 2. The molecule has 5 nitrogen and oxygen atoms in total. The molecular formula is C13H21N3O2S. The van der Waals surface area contributed by atoms with Crippen molar-refractivity contribution in [1.82, 2.24) is 15.0 Å².